The number of methoxy groups -OCH3 is 1. The number of aryl methyl sites for hydroxylation is 1. The summed E-state index contributed by atoms with van der Waals surface area (Å²) in [4.78, 5) is 22.7. The highest BCUT2D eigenvalue weighted by Crippen LogP contribution is 2.43. The van der Waals surface area contributed by atoms with E-state index < -0.39 is 0 Å². The molecule has 0 aliphatic heterocycles. The number of fused-ring (bicyclic) bond motifs is 3. The lowest BCUT2D eigenvalue weighted by Gasteiger charge is -2.16. The van der Waals surface area contributed by atoms with Crippen molar-refractivity contribution in [2.45, 2.75) is 52.5 Å². The summed E-state index contributed by atoms with van der Waals surface area (Å²) in [6, 6.07) is 4.31. The fourth-order valence-electron chi connectivity index (χ4n) is 3.92. The standard InChI is InChI=1S/C23H29N5O2S/c1-5-24-19-9-6-15(13-25-19)21-17-7-8-18-23(22(17)28(27-21)14(2)3)31-20(26-18)12-16(29)10-11-30-4/h6,9,13-14H,5,7-8,10-12H2,1-4H3,(H,24,25). The van der Waals surface area contributed by atoms with Crippen molar-refractivity contribution in [3.63, 3.8) is 0 Å². The first-order valence-electron chi connectivity index (χ1n) is 10.8. The number of carbonyl (C=O) groups is 1. The molecule has 7 nitrogen and oxygen atoms in total. The number of ketones is 1. The normalized spacial score (nSPS) is 12.7. The van der Waals surface area contributed by atoms with E-state index in [0.717, 1.165) is 57.7 Å². The van der Waals surface area contributed by atoms with Gasteiger partial charge in [-0.25, -0.2) is 9.97 Å². The van der Waals surface area contributed by atoms with Crippen molar-refractivity contribution in [2.75, 3.05) is 25.6 Å². The largest absolute Gasteiger partial charge is 0.384 e. The fraction of sp³-hybridized carbons (Fsp3) is 0.478. The average Bonchev–Trinajstić information content (AvgIpc) is 3.34. The van der Waals surface area contributed by atoms with E-state index in [1.54, 1.807) is 18.4 Å². The smallest absolute Gasteiger partial charge is 0.141 e. The zero-order chi connectivity index (χ0) is 22.0. The summed E-state index contributed by atoms with van der Waals surface area (Å²) in [5, 5.41) is 9.12. The third-order valence-corrected chi connectivity index (χ3v) is 6.50. The molecule has 1 aliphatic carbocycles. The van der Waals surface area contributed by atoms with Crippen LogP contribution in [0.2, 0.25) is 0 Å². The summed E-state index contributed by atoms with van der Waals surface area (Å²) in [5.74, 6) is 1.04. The van der Waals surface area contributed by atoms with Crippen LogP contribution in [0.3, 0.4) is 0 Å². The zero-order valence-corrected chi connectivity index (χ0v) is 19.4. The molecule has 0 bridgehead atoms. The van der Waals surface area contributed by atoms with Crippen LogP contribution in [0, 0.1) is 0 Å². The van der Waals surface area contributed by atoms with Crippen LogP contribution < -0.4 is 5.32 Å². The molecule has 0 spiro atoms. The van der Waals surface area contributed by atoms with Crippen LogP contribution in [0.5, 0.6) is 0 Å². The second-order valence-corrected chi connectivity index (χ2v) is 9.10. The maximum Gasteiger partial charge on any atom is 0.141 e. The lowest BCUT2D eigenvalue weighted by atomic mass is 9.95. The van der Waals surface area contributed by atoms with Gasteiger partial charge in [-0.1, -0.05) is 0 Å². The highest BCUT2D eigenvalue weighted by molar-refractivity contribution is 7.15. The average molecular weight is 440 g/mol. The molecule has 0 saturated heterocycles. The van der Waals surface area contributed by atoms with Crippen LogP contribution in [-0.2, 0) is 28.8 Å². The quantitative estimate of drug-likeness (QED) is 0.534. The topological polar surface area (TPSA) is 81.9 Å². The minimum Gasteiger partial charge on any atom is -0.384 e. The van der Waals surface area contributed by atoms with Crippen molar-refractivity contribution in [3.8, 4) is 21.8 Å². The number of nitrogens with one attached hydrogen (secondary N) is 1. The van der Waals surface area contributed by atoms with Crippen molar-refractivity contribution in [2.24, 2.45) is 0 Å². The Balaban J connectivity index is 1.71. The number of pyridine rings is 1. The van der Waals surface area contributed by atoms with Gasteiger partial charge in [0.1, 0.15) is 16.6 Å². The molecule has 0 radical (unpaired) electrons. The van der Waals surface area contributed by atoms with E-state index in [2.05, 4.69) is 41.8 Å². The van der Waals surface area contributed by atoms with Crippen LogP contribution in [0.4, 0.5) is 5.82 Å². The summed E-state index contributed by atoms with van der Waals surface area (Å²) >= 11 is 1.63. The van der Waals surface area contributed by atoms with Gasteiger partial charge in [0.2, 0.25) is 0 Å². The van der Waals surface area contributed by atoms with E-state index in [0.29, 0.717) is 19.4 Å². The van der Waals surface area contributed by atoms with Gasteiger partial charge in [-0.15, -0.1) is 11.3 Å². The second-order valence-electron chi connectivity index (χ2n) is 8.02. The van der Waals surface area contributed by atoms with Crippen LogP contribution >= 0.6 is 11.3 Å². The number of Topliss-reactive ketones (excluding diaryl/α,β-unsaturated/α-hetero) is 1. The Hall–Kier alpha value is -2.58. The maximum absolute atomic E-state index is 12.2. The Morgan fingerprint density at radius 3 is 2.84 bits per heavy atom. The summed E-state index contributed by atoms with van der Waals surface area (Å²) in [5.41, 5.74) is 5.51. The van der Waals surface area contributed by atoms with E-state index in [1.807, 2.05) is 12.3 Å². The van der Waals surface area contributed by atoms with Gasteiger partial charge in [-0.2, -0.15) is 5.10 Å². The lowest BCUT2D eigenvalue weighted by Crippen LogP contribution is -2.09. The Kier molecular flexibility index (Phi) is 6.48. The van der Waals surface area contributed by atoms with Gasteiger partial charge in [-0.3, -0.25) is 9.48 Å². The monoisotopic (exact) mass is 439 g/mol. The number of rotatable bonds is 9. The summed E-state index contributed by atoms with van der Waals surface area (Å²) < 4.78 is 7.13. The van der Waals surface area contributed by atoms with Crippen molar-refractivity contribution in [3.05, 3.63) is 34.6 Å². The fourth-order valence-corrected chi connectivity index (χ4v) is 5.12. The highest BCUT2D eigenvalue weighted by Gasteiger charge is 2.30. The number of anilines is 1. The first-order chi connectivity index (χ1) is 15.0. The Morgan fingerprint density at radius 2 is 2.16 bits per heavy atom. The van der Waals surface area contributed by atoms with Gasteiger partial charge in [0.05, 0.1) is 35.0 Å². The molecule has 1 aliphatic rings. The Morgan fingerprint density at radius 1 is 1.32 bits per heavy atom. The van der Waals surface area contributed by atoms with Crippen molar-refractivity contribution in [1.29, 1.82) is 0 Å². The van der Waals surface area contributed by atoms with Crippen LogP contribution in [0.25, 0.3) is 21.8 Å². The van der Waals surface area contributed by atoms with E-state index in [4.69, 9.17) is 14.8 Å². The first kappa shape index (κ1) is 21.6. The molecule has 1 N–H and O–H groups in total. The lowest BCUT2D eigenvalue weighted by molar-refractivity contribution is -0.119. The predicted octanol–water partition coefficient (Wildman–Crippen LogP) is 4.33. The molecule has 4 rings (SSSR count). The van der Waals surface area contributed by atoms with Gasteiger partial charge in [0.15, 0.2) is 0 Å². The third kappa shape index (κ3) is 4.41. The molecule has 3 aromatic rings. The number of hydrogen-bond donors (Lipinski definition) is 1. The molecule has 3 heterocycles. The minimum absolute atomic E-state index is 0.165. The van der Waals surface area contributed by atoms with Gasteiger partial charge in [-0.05, 0) is 45.7 Å². The highest BCUT2D eigenvalue weighted by atomic mass is 32.1. The molecule has 0 aromatic carbocycles. The predicted molar refractivity (Wildman–Crippen MR) is 124 cm³/mol. The number of nitrogens with zero attached hydrogens (tertiary/aromatic N) is 4. The first-order valence-corrected chi connectivity index (χ1v) is 11.6. The summed E-state index contributed by atoms with van der Waals surface area (Å²) in [6.45, 7) is 7.65. The van der Waals surface area contributed by atoms with Crippen LogP contribution in [0.15, 0.2) is 18.3 Å². The van der Waals surface area contributed by atoms with Gasteiger partial charge >= 0.3 is 0 Å². The molecule has 3 aromatic heterocycles. The molecular formula is C23H29N5O2S. The van der Waals surface area contributed by atoms with Gasteiger partial charge in [0.25, 0.3) is 0 Å². The molecular weight excluding hydrogens is 410 g/mol. The molecule has 8 heteroatoms. The summed E-state index contributed by atoms with van der Waals surface area (Å²) in [7, 11) is 1.62. The number of aromatic nitrogens is 4. The zero-order valence-electron chi connectivity index (χ0n) is 18.6. The van der Waals surface area contributed by atoms with E-state index in [1.165, 1.54) is 5.56 Å². The SMILES string of the molecule is CCNc1ccc(-c2nn(C(C)C)c3c2CCc2nc(CC(=O)CCOC)sc2-3)cn1. The van der Waals surface area contributed by atoms with Gasteiger partial charge in [0, 0.05) is 43.4 Å². The summed E-state index contributed by atoms with van der Waals surface area (Å²) in [6.07, 6.45) is 4.45. The van der Waals surface area contributed by atoms with Gasteiger partial charge < -0.3 is 10.1 Å². The molecule has 0 atom stereocenters. The molecule has 0 amide bonds. The molecule has 31 heavy (non-hydrogen) atoms. The van der Waals surface area contributed by atoms with Crippen LogP contribution in [-0.4, -0.2) is 45.8 Å². The number of thiazole rings is 1. The number of ether oxygens (including phenoxy) is 1. The van der Waals surface area contributed by atoms with Crippen molar-refractivity contribution in [1.82, 2.24) is 19.7 Å². The third-order valence-electron chi connectivity index (χ3n) is 5.39. The molecule has 164 valence electrons. The van der Waals surface area contributed by atoms with Crippen molar-refractivity contribution >= 4 is 22.9 Å². The second kappa shape index (κ2) is 9.28. The van der Waals surface area contributed by atoms with E-state index >= 15 is 0 Å². The van der Waals surface area contributed by atoms with E-state index in [-0.39, 0.29) is 11.8 Å². The number of hydrogen-bond acceptors (Lipinski definition) is 7. The minimum atomic E-state index is 0.165. The Labute approximate surface area is 186 Å². The van der Waals surface area contributed by atoms with Crippen LogP contribution in [0.1, 0.15) is 49.5 Å². The molecule has 0 saturated carbocycles. The van der Waals surface area contributed by atoms with Crippen molar-refractivity contribution < 1.29 is 9.53 Å². The Bertz CT molecular complexity index is 1070. The molecule has 0 unspecified atom stereocenters. The van der Waals surface area contributed by atoms with E-state index in [9.17, 15) is 4.79 Å². The number of carbonyl (C=O) groups excluding carboxylic acids is 1. The maximum atomic E-state index is 12.2. The molecule has 0 fully saturated rings.